The molecule has 2 aromatic heterocycles. The molecule has 0 spiro atoms. The van der Waals surface area contributed by atoms with Crippen molar-refractivity contribution in [1.29, 1.82) is 0 Å². The average molecular weight is 250 g/mol. The number of carbonyl (C=O) groups is 1. The van der Waals surface area contributed by atoms with E-state index in [2.05, 4.69) is 15.0 Å². The molecule has 0 saturated heterocycles. The lowest BCUT2D eigenvalue weighted by atomic mass is 10.1. The lowest BCUT2D eigenvalue weighted by molar-refractivity contribution is 0.0995. The van der Waals surface area contributed by atoms with Crippen molar-refractivity contribution in [2.75, 3.05) is 0 Å². The molecule has 0 saturated carbocycles. The van der Waals surface area contributed by atoms with Gasteiger partial charge in [0.2, 0.25) is 0 Å². The molecule has 1 aromatic carbocycles. The molecule has 19 heavy (non-hydrogen) atoms. The number of hydrogen-bond donors (Lipinski definition) is 1. The van der Waals surface area contributed by atoms with Crippen molar-refractivity contribution in [3.8, 4) is 11.5 Å². The third kappa shape index (κ3) is 2.01. The minimum Gasteiger partial charge on any atom is -0.364 e. The van der Waals surface area contributed by atoms with Crippen LogP contribution in [0.3, 0.4) is 0 Å². The minimum absolute atomic E-state index is 0.180. The highest BCUT2D eigenvalue weighted by molar-refractivity contribution is 5.94. The van der Waals surface area contributed by atoms with Crippen LogP contribution in [-0.2, 0) is 0 Å². The van der Waals surface area contributed by atoms with Gasteiger partial charge in [-0.15, -0.1) is 0 Å². The Hall–Kier alpha value is -2.82. The molecule has 0 aliphatic rings. The fourth-order valence-electron chi connectivity index (χ4n) is 1.91. The van der Waals surface area contributed by atoms with Gasteiger partial charge in [0.05, 0.1) is 0 Å². The summed E-state index contributed by atoms with van der Waals surface area (Å²) in [6, 6.07) is 11.2. The molecule has 3 rings (SSSR count). The maximum atomic E-state index is 11.2. The predicted molar refractivity (Wildman–Crippen MR) is 71.3 cm³/mol. The van der Waals surface area contributed by atoms with Crippen molar-refractivity contribution in [1.82, 2.24) is 15.0 Å². The van der Waals surface area contributed by atoms with Crippen molar-refractivity contribution >= 4 is 16.7 Å². The quantitative estimate of drug-likeness (QED) is 0.751. The van der Waals surface area contributed by atoms with Gasteiger partial charge in [-0.2, -0.15) is 0 Å². The highest BCUT2D eigenvalue weighted by Gasteiger charge is 2.10. The summed E-state index contributed by atoms with van der Waals surface area (Å²) in [7, 11) is 0. The molecular formula is C14H10N4O. The number of hydrogen-bond acceptors (Lipinski definition) is 4. The molecule has 0 unspecified atom stereocenters. The van der Waals surface area contributed by atoms with E-state index in [0.29, 0.717) is 11.5 Å². The molecule has 5 heteroatoms. The molecular weight excluding hydrogens is 240 g/mol. The summed E-state index contributed by atoms with van der Waals surface area (Å²) in [5.74, 6) is -0.183. The van der Waals surface area contributed by atoms with Crippen LogP contribution in [0.25, 0.3) is 22.3 Å². The van der Waals surface area contributed by atoms with Gasteiger partial charge in [-0.1, -0.05) is 24.3 Å². The Morgan fingerprint density at radius 1 is 1.00 bits per heavy atom. The van der Waals surface area contributed by atoms with E-state index in [0.717, 1.165) is 10.8 Å². The maximum Gasteiger partial charge on any atom is 0.267 e. The first kappa shape index (κ1) is 11.3. The molecule has 0 aliphatic heterocycles. The zero-order chi connectivity index (χ0) is 13.2. The zero-order valence-corrected chi connectivity index (χ0v) is 9.95. The number of primary amides is 1. The topological polar surface area (TPSA) is 81.8 Å². The standard InChI is InChI=1S/C14H10N4O/c15-13(19)11-6-8-17-14(18-11)12-10-4-2-1-3-9(10)5-7-16-12/h1-8H,(H2,15,19). The van der Waals surface area contributed by atoms with E-state index < -0.39 is 5.91 Å². The average Bonchev–Trinajstić information content (AvgIpc) is 2.47. The Labute approximate surface area is 109 Å². The summed E-state index contributed by atoms with van der Waals surface area (Å²) < 4.78 is 0. The van der Waals surface area contributed by atoms with Gasteiger partial charge < -0.3 is 5.73 Å². The van der Waals surface area contributed by atoms with E-state index in [1.807, 2.05) is 30.3 Å². The molecule has 5 nitrogen and oxygen atoms in total. The van der Waals surface area contributed by atoms with Gasteiger partial charge in [0.15, 0.2) is 5.82 Å². The molecule has 0 aliphatic carbocycles. The molecule has 0 fully saturated rings. The van der Waals surface area contributed by atoms with Crippen molar-refractivity contribution in [3.05, 3.63) is 54.5 Å². The fraction of sp³-hybridized carbons (Fsp3) is 0. The normalized spacial score (nSPS) is 10.5. The third-order valence-electron chi connectivity index (χ3n) is 2.79. The largest absolute Gasteiger partial charge is 0.364 e. The van der Waals surface area contributed by atoms with Gasteiger partial charge >= 0.3 is 0 Å². The number of nitrogens with zero attached hydrogens (tertiary/aromatic N) is 3. The number of carbonyl (C=O) groups excluding carboxylic acids is 1. The summed E-state index contributed by atoms with van der Waals surface area (Å²) in [5.41, 5.74) is 6.04. The summed E-state index contributed by atoms with van der Waals surface area (Å²) >= 11 is 0. The second kappa shape index (κ2) is 4.45. The van der Waals surface area contributed by atoms with Crippen LogP contribution < -0.4 is 5.73 Å². The van der Waals surface area contributed by atoms with E-state index in [-0.39, 0.29) is 5.69 Å². The first-order chi connectivity index (χ1) is 9.25. The highest BCUT2D eigenvalue weighted by Crippen LogP contribution is 2.23. The maximum absolute atomic E-state index is 11.2. The van der Waals surface area contributed by atoms with Gasteiger partial charge in [-0.25, -0.2) is 9.97 Å². The van der Waals surface area contributed by atoms with E-state index in [9.17, 15) is 4.79 Å². The third-order valence-corrected chi connectivity index (χ3v) is 2.79. The molecule has 0 radical (unpaired) electrons. The van der Waals surface area contributed by atoms with Crippen molar-refractivity contribution in [2.24, 2.45) is 5.73 Å². The van der Waals surface area contributed by atoms with Gasteiger partial charge in [-0.05, 0) is 17.5 Å². The number of pyridine rings is 1. The lowest BCUT2D eigenvalue weighted by Gasteiger charge is -2.04. The number of fused-ring (bicyclic) bond motifs is 1. The van der Waals surface area contributed by atoms with Crippen molar-refractivity contribution in [2.45, 2.75) is 0 Å². The fourth-order valence-corrected chi connectivity index (χ4v) is 1.91. The van der Waals surface area contributed by atoms with Crippen LogP contribution in [0.15, 0.2) is 48.8 Å². The first-order valence-corrected chi connectivity index (χ1v) is 5.72. The van der Waals surface area contributed by atoms with Crippen molar-refractivity contribution in [3.63, 3.8) is 0 Å². The predicted octanol–water partition coefficient (Wildman–Crippen LogP) is 1.79. The molecule has 2 N–H and O–H groups in total. The number of rotatable bonds is 2. The summed E-state index contributed by atoms with van der Waals surface area (Å²) in [4.78, 5) is 23.8. The van der Waals surface area contributed by atoms with Gasteiger partial charge in [0.25, 0.3) is 5.91 Å². The molecule has 2 heterocycles. The Bertz CT molecular complexity index is 765. The Balaban J connectivity index is 2.24. The van der Waals surface area contributed by atoms with Crippen LogP contribution in [-0.4, -0.2) is 20.9 Å². The van der Waals surface area contributed by atoms with E-state index in [1.165, 1.54) is 12.3 Å². The van der Waals surface area contributed by atoms with Crippen LogP contribution in [0.4, 0.5) is 0 Å². The highest BCUT2D eigenvalue weighted by atomic mass is 16.1. The zero-order valence-electron chi connectivity index (χ0n) is 9.95. The number of nitrogens with two attached hydrogens (primary N) is 1. The van der Waals surface area contributed by atoms with Gasteiger partial charge in [0.1, 0.15) is 11.4 Å². The Kier molecular flexibility index (Phi) is 2.64. The summed E-state index contributed by atoms with van der Waals surface area (Å²) in [5, 5.41) is 1.98. The smallest absolute Gasteiger partial charge is 0.267 e. The van der Waals surface area contributed by atoms with Crippen LogP contribution in [0.5, 0.6) is 0 Å². The number of amides is 1. The van der Waals surface area contributed by atoms with Crippen LogP contribution in [0, 0.1) is 0 Å². The summed E-state index contributed by atoms with van der Waals surface area (Å²) in [6.07, 6.45) is 3.20. The number of aromatic nitrogens is 3. The van der Waals surface area contributed by atoms with Crippen LogP contribution in [0.1, 0.15) is 10.5 Å². The monoisotopic (exact) mass is 250 g/mol. The molecule has 0 bridgehead atoms. The summed E-state index contributed by atoms with van der Waals surface area (Å²) in [6.45, 7) is 0. The SMILES string of the molecule is NC(=O)c1ccnc(-c2nccc3ccccc23)n1. The van der Waals surface area contributed by atoms with Crippen LogP contribution >= 0.6 is 0 Å². The minimum atomic E-state index is -0.580. The van der Waals surface area contributed by atoms with Gasteiger partial charge in [-0.3, -0.25) is 9.78 Å². The van der Waals surface area contributed by atoms with E-state index in [4.69, 9.17) is 5.73 Å². The molecule has 0 atom stereocenters. The molecule has 92 valence electrons. The number of benzene rings is 1. The lowest BCUT2D eigenvalue weighted by Crippen LogP contribution is -2.13. The van der Waals surface area contributed by atoms with E-state index in [1.54, 1.807) is 6.20 Å². The first-order valence-electron chi connectivity index (χ1n) is 5.72. The van der Waals surface area contributed by atoms with Gasteiger partial charge in [0, 0.05) is 17.8 Å². The van der Waals surface area contributed by atoms with Crippen LogP contribution in [0.2, 0.25) is 0 Å². The Morgan fingerprint density at radius 3 is 2.63 bits per heavy atom. The molecule has 3 aromatic rings. The second-order valence-electron chi connectivity index (χ2n) is 4.01. The van der Waals surface area contributed by atoms with E-state index >= 15 is 0 Å². The van der Waals surface area contributed by atoms with Crippen molar-refractivity contribution < 1.29 is 4.79 Å². The molecule has 1 amide bonds. The second-order valence-corrected chi connectivity index (χ2v) is 4.01. The Morgan fingerprint density at radius 2 is 1.79 bits per heavy atom.